The summed E-state index contributed by atoms with van der Waals surface area (Å²) in [7, 11) is 0. The fraction of sp³-hybridized carbons (Fsp3) is 0.571. The van der Waals surface area contributed by atoms with Gasteiger partial charge in [-0.1, -0.05) is 20.8 Å². The molecule has 3 rings (SSSR count). The van der Waals surface area contributed by atoms with E-state index in [2.05, 4.69) is 36.1 Å². The Bertz CT molecular complexity index is 609. The van der Waals surface area contributed by atoms with E-state index in [1.54, 1.807) is 11.1 Å². The Morgan fingerprint density at radius 1 is 1.43 bits per heavy atom. The molecule has 1 unspecified atom stereocenters. The van der Waals surface area contributed by atoms with E-state index in [0.717, 1.165) is 17.1 Å². The zero-order chi connectivity index (χ0) is 15.2. The maximum Gasteiger partial charge on any atom is 0.407 e. The van der Waals surface area contributed by atoms with Gasteiger partial charge in [0.25, 0.3) is 0 Å². The lowest BCUT2D eigenvalue weighted by atomic mass is 9.95. The minimum absolute atomic E-state index is 0.0867. The zero-order valence-electron chi connectivity index (χ0n) is 12.3. The summed E-state index contributed by atoms with van der Waals surface area (Å²) in [4.78, 5) is 34.0. The first-order valence-electron chi connectivity index (χ1n) is 6.92. The molecule has 0 saturated carbocycles. The number of alkyl carbamates (subject to hydrolysis) is 1. The lowest BCUT2D eigenvalue weighted by molar-refractivity contribution is -0.133. The third-order valence-corrected chi connectivity index (χ3v) is 3.61. The number of hydrogen-bond donors (Lipinski definition) is 1. The van der Waals surface area contributed by atoms with E-state index < -0.39 is 12.1 Å². The maximum absolute atomic E-state index is 12.3. The Labute approximate surface area is 122 Å². The van der Waals surface area contributed by atoms with Crippen molar-refractivity contribution in [2.75, 3.05) is 6.61 Å². The van der Waals surface area contributed by atoms with Gasteiger partial charge in [0.15, 0.2) is 0 Å². The first-order chi connectivity index (χ1) is 9.84. The molecule has 21 heavy (non-hydrogen) atoms. The van der Waals surface area contributed by atoms with Gasteiger partial charge in [-0.3, -0.25) is 4.79 Å². The predicted molar refractivity (Wildman–Crippen MR) is 73.3 cm³/mol. The minimum atomic E-state index is -0.596. The molecule has 2 amide bonds. The highest BCUT2D eigenvalue weighted by Crippen LogP contribution is 2.25. The fourth-order valence-corrected chi connectivity index (χ4v) is 2.41. The van der Waals surface area contributed by atoms with Gasteiger partial charge in [-0.05, 0) is 0 Å². The SMILES string of the molecule is CC(C)(C)c1ncc2c(n1)CN(C(=O)C1COC(=O)N1)C2. The number of aromatic nitrogens is 2. The molecular weight excluding hydrogens is 272 g/mol. The molecule has 0 aliphatic carbocycles. The van der Waals surface area contributed by atoms with Crippen LogP contribution in [0.2, 0.25) is 0 Å². The third-order valence-electron chi connectivity index (χ3n) is 3.61. The molecule has 1 atom stereocenters. The molecule has 0 radical (unpaired) electrons. The highest BCUT2D eigenvalue weighted by atomic mass is 16.6. The topological polar surface area (TPSA) is 84.4 Å². The van der Waals surface area contributed by atoms with Crippen molar-refractivity contribution < 1.29 is 14.3 Å². The van der Waals surface area contributed by atoms with E-state index in [0.29, 0.717) is 13.1 Å². The Morgan fingerprint density at radius 3 is 2.81 bits per heavy atom. The predicted octanol–water partition coefficient (Wildman–Crippen LogP) is 0.725. The van der Waals surface area contributed by atoms with Crippen LogP contribution >= 0.6 is 0 Å². The van der Waals surface area contributed by atoms with Crippen LogP contribution in [-0.2, 0) is 28.0 Å². The van der Waals surface area contributed by atoms with Gasteiger partial charge >= 0.3 is 6.09 Å². The van der Waals surface area contributed by atoms with Crippen molar-refractivity contribution in [3.63, 3.8) is 0 Å². The minimum Gasteiger partial charge on any atom is -0.447 e. The summed E-state index contributed by atoms with van der Waals surface area (Å²) in [6, 6.07) is -0.596. The molecule has 0 bridgehead atoms. The Morgan fingerprint density at radius 2 is 2.19 bits per heavy atom. The molecule has 7 nitrogen and oxygen atoms in total. The Balaban J connectivity index is 1.75. The molecule has 1 fully saturated rings. The van der Waals surface area contributed by atoms with Gasteiger partial charge < -0.3 is 15.0 Å². The van der Waals surface area contributed by atoms with Crippen molar-refractivity contribution in [3.8, 4) is 0 Å². The largest absolute Gasteiger partial charge is 0.447 e. The van der Waals surface area contributed by atoms with Crippen molar-refractivity contribution in [3.05, 3.63) is 23.3 Å². The Hall–Kier alpha value is -2.18. The monoisotopic (exact) mass is 290 g/mol. The molecule has 2 aliphatic rings. The number of nitrogens with one attached hydrogen (secondary N) is 1. The van der Waals surface area contributed by atoms with Gasteiger partial charge in [0.1, 0.15) is 18.5 Å². The standard InChI is InChI=1S/C14H18N4O3/c1-14(2,3)12-15-4-8-5-18(6-9(8)16-12)11(19)10-7-21-13(20)17-10/h4,10H,5-7H2,1-3H3,(H,17,20). The number of fused-ring (bicyclic) bond motifs is 1. The van der Waals surface area contributed by atoms with Crippen molar-refractivity contribution >= 4 is 12.0 Å². The number of cyclic esters (lactones) is 1. The van der Waals surface area contributed by atoms with Gasteiger partial charge in [-0.2, -0.15) is 0 Å². The maximum atomic E-state index is 12.3. The first kappa shape index (κ1) is 13.8. The smallest absolute Gasteiger partial charge is 0.407 e. The van der Waals surface area contributed by atoms with E-state index in [1.807, 2.05) is 0 Å². The number of nitrogens with zero attached hydrogens (tertiary/aromatic N) is 3. The highest BCUT2D eigenvalue weighted by Gasteiger charge is 2.35. The van der Waals surface area contributed by atoms with E-state index >= 15 is 0 Å². The molecule has 3 heterocycles. The van der Waals surface area contributed by atoms with Crippen LogP contribution in [0.5, 0.6) is 0 Å². The van der Waals surface area contributed by atoms with Crippen molar-refractivity contribution in [2.24, 2.45) is 0 Å². The van der Waals surface area contributed by atoms with Gasteiger partial charge in [0, 0.05) is 23.7 Å². The number of rotatable bonds is 1. The lowest BCUT2D eigenvalue weighted by Gasteiger charge is -2.18. The van der Waals surface area contributed by atoms with Gasteiger partial charge in [-0.15, -0.1) is 0 Å². The molecule has 1 saturated heterocycles. The summed E-state index contributed by atoms with van der Waals surface area (Å²) in [6.07, 6.45) is 1.25. The van der Waals surface area contributed by atoms with Crippen LogP contribution in [0.15, 0.2) is 6.20 Å². The first-order valence-corrected chi connectivity index (χ1v) is 6.92. The molecule has 7 heteroatoms. The quantitative estimate of drug-likeness (QED) is 0.824. The summed E-state index contributed by atoms with van der Waals surface area (Å²) >= 11 is 0. The van der Waals surface area contributed by atoms with Crippen LogP contribution < -0.4 is 5.32 Å². The van der Waals surface area contributed by atoms with Crippen molar-refractivity contribution in [2.45, 2.75) is 45.3 Å². The number of hydrogen-bond acceptors (Lipinski definition) is 5. The van der Waals surface area contributed by atoms with Crippen molar-refractivity contribution in [1.29, 1.82) is 0 Å². The summed E-state index contributed by atoms with van der Waals surface area (Å²) in [5.74, 6) is 0.629. The Kier molecular flexibility index (Phi) is 3.07. The van der Waals surface area contributed by atoms with Gasteiger partial charge in [0.05, 0.1) is 12.2 Å². The van der Waals surface area contributed by atoms with E-state index in [-0.39, 0.29) is 17.9 Å². The summed E-state index contributed by atoms with van der Waals surface area (Å²) in [5, 5.41) is 2.50. The average Bonchev–Trinajstić information content (AvgIpc) is 3.01. The number of amides is 2. The van der Waals surface area contributed by atoms with Crippen LogP contribution in [-0.4, -0.2) is 39.5 Å². The van der Waals surface area contributed by atoms with Gasteiger partial charge in [-0.25, -0.2) is 14.8 Å². The third kappa shape index (κ3) is 2.55. The second-order valence-electron chi connectivity index (χ2n) is 6.41. The second kappa shape index (κ2) is 4.68. The molecule has 112 valence electrons. The summed E-state index contributed by atoms with van der Waals surface area (Å²) in [6.45, 7) is 7.18. The molecule has 1 N–H and O–H groups in total. The van der Waals surface area contributed by atoms with E-state index in [9.17, 15) is 9.59 Å². The van der Waals surface area contributed by atoms with Crippen LogP contribution in [0.25, 0.3) is 0 Å². The molecule has 0 spiro atoms. The molecular formula is C14H18N4O3. The molecule has 1 aromatic heterocycles. The molecule has 1 aromatic rings. The highest BCUT2D eigenvalue weighted by molar-refractivity contribution is 5.88. The van der Waals surface area contributed by atoms with Crippen LogP contribution in [0.1, 0.15) is 37.9 Å². The fourth-order valence-electron chi connectivity index (χ4n) is 2.41. The zero-order valence-corrected chi connectivity index (χ0v) is 12.3. The lowest BCUT2D eigenvalue weighted by Crippen LogP contribution is -2.43. The van der Waals surface area contributed by atoms with E-state index in [1.165, 1.54) is 0 Å². The van der Waals surface area contributed by atoms with Crippen LogP contribution in [0, 0.1) is 0 Å². The molecule has 0 aromatic carbocycles. The van der Waals surface area contributed by atoms with Crippen LogP contribution in [0.4, 0.5) is 4.79 Å². The second-order valence-corrected chi connectivity index (χ2v) is 6.41. The number of carbonyl (C=O) groups is 2. The number of ether oxygens (including phenoxy) is 1. The molecule has 2 aliphatic heterocycles. The number of carbonyl (C=O) groups excluding carboxylic acids is 2. The summed E-state index contributed by atoms with van der Waals surface area (Å²) in [5.41, 5.74) is 1.72. The average molecular weight is 290 g/mol. The summed E-state index contributed by atoms with van der Waals surface area (Å²) < 4.78 is 4.76. The van der Waals surface area contributed by atoms with Crippen LogP contribution in [0.3, 0.4) is 0 Å². The normalized spacial score (nSPS) is 21.0. The van der Waals surface area contributed by atoms with Gasteiger partial charge in [0.2, 0.25) is 5.91 Å². The van der Waals surface area contributed by atoms with Crippen molar-refractivity contribution in [1.82, 2.24) is 20.2 Å². The van der Waals surface area contributed by atoms with E-state index in [4.69, 9.17) is 4.74 Å².